The summed E-state index contributed by atoms with van der Waals surface area (Å²) >= 11 is 0. The number of hydrogen-bond donors (Lipinski definition) is 6. The van der Waals surface area contributed by atoms with E-state index in [0.717, 1.165) is 6.92 Å². The molecule has 8 amide bonds. The predicted octanol–water partition coefficient (Wildman–Crippen LogP) is -2.49. The molecule has 0 radical (unpaired) electrons. The van der Waals surface area contributed by atoms with Crippen molar-refractivity contribution in [3.8, 4) is 0 Å². The van der Waals surface area contributed by atoms with Crippen molar-refractivity contribution in [3.05, 3.63) is 47.7 Å². The highest BCUT2D eigenvalue weighted by molar-refractivity contribution is 7.88. The summed E-state index contributed by atoms with van der Waals surface area (Å²) in [6, 6.07) is 1.47. The van der Waals surface area contributed by atoms with Gasteiger partial charge in [-0.05, 0) is 5.56 Å². The molecule has 50 heavy (non-hydrogen) atoms. The first kappa shape index (κ1) is 36.7. The van der Waals surface area contributed by atoms with Crippen molar-refractivity contribution in [2.45, 2.75) is 38.0 Å². The number of primary amides is 1. The number of nitrogens with one attached hydrogen (secondary N) is 4. The van der Waals surface area contributed by atoms with Crippen LogP contribution in [0.15, 0.2) is 47.1 Å². The van der Waals surface area contributed by atoms with Gasteiger partial charge in [0.1, 0.15) is 12.3 Å². The second kappa shape index (κ2) is 15.0. The van der Waals surface area contributed by atoms with Gasteiger partial charge in [-0.15, -0.1) is 0 Å². The van der Waals surface area contributed by atoms with E-state index in [2.05, 4.69) is 25.1 Å². The lowest BCUT2D eigenvalue weighted by atomic mass is 9.94. The van der Waals surface area contributed by atoms with Gasteiger partial charge in [0.15, 0.2) is 24.5 Å². The third-order valence-corrected chi connectivity index (χ3v) is 8.34. The maximum absolute atomic E-state index is 13.8. The van der Waals surface area contributed by atoms with Crippen LogP contribution in [0.4, 0.5) is 24.0 Å². The number of aliphatic hydroxyl groups is 1. The zero-order valence-corrected chi connectivity index (χ0v) is 26.5. The van der Waals surface area contributed by atoms with Gasteiger partial charge in [-0.3, -0.25) is 14.6 Å². The van der Waals surface area contributed by atoms with Crippen LogP contribution in [0, 0.1) is 0 Å². The van der Waals surface area contributed by atoms with Gasteiger partial charge in [-0.1, -0.05) is 34.9 Å². The van der Waals surface area contributed by atoms with E-state index in [4.69, 9.17) is 15.2 Å². The van der Waals surface area contributed by atoms with Crippen molar-refractivity contribution in [3.63, 3.8) is 0 Å². The summed E-state index contributed by atoms with van der Waals surface area (Å²) in [5.74, 6) is -3.91. The number of β-lactam (4-membered cyclic amide) rings is 1. The van der Waals surface area contributed by atoms with Gasteiger partial charge in [-0.25, -0.2) is 33.1 Å². The molecule has 2 fully saturated rings. The highest BCUT2D eigenvalue weighted by Crippen LogP contribution is 2.31. The summed E-state index contributed by atoms with van der Waals surface area (Å²) in [6.07, 6.45) is -6.26. The number of imide groups is 1. The molecule has 1 aromatic carbocycles. The monoisotopic (exact) mass is 725 g/mol. The molecule has 3 unspecified atom stereocenters. The lowest BCUT2D eigenvalue weighted by molar-refractivity contribution is -0.868. The first-order chi connectivity index (χ1) is 23.5. The lowest BCUT2D eigenvalue weighted by Crippen LogP contribution is -2.90. The van der Waals surface area contributed by atoms with Crippen LogP contribution in [0.3, 0.4) is 0 Å². The molecule has 24 heteroatoms. The van der Waals surface area contributed by atoms with Crippen LogP contribution >= 0.6 is 0 Å². The molecule has 3 aliphatic rings. The summed E-state index contributed by atoms with van der Waals surface area (Å²) in [4.78, 5) is 105. The molecule has 7 N–H and O–H groups in total. The molecule has 23 nitrogen and oxygen atoms in total. The fourth-order valence-corrected chi connectivity index (χ4v) is 5.73. The highest BCUT2D eigenvalue weighted by Gasteiger charge is 2.72. The third-order valence-electron chi connectivity index (χ3n) is 6.98. The summed E-state index contributed by atoms with van der Waals surface area (Å²) in [6.45, 7) is -0.915. The summed E-state index contributed by atoms with van der Waals surface area (Å²) in [7, 11) is -5.06. The van der Waals surface area contributed by atoms with Gasteiger partial charge in [0.05, 0.1) is 6.54 Å². The van der Waals surface area contributed by atoms with Crippen LogP contribution in [0.2, 0.25) is 0 Å². The minimum Gasteiger partial charge on any atom is -0.445 e. The molecular weight excluding hydrogens is 696 g/mol. The van der Waals surface area contributed by atoms with Gasteiger partial charge in [0.2, 0.25) is 12.3 Å². The van der Waals surface area contributed by atoms with Crippen LogP contribution in [0.1, 0.15) is 12.5 Å². The lowest BCUT2D eigenvalue weighted by Gasteiger charge is -2.48. The Morgan fingerprint density at radius 1 is 1.12 bits per heavy atom. The van der Waals surface area contributed by atoms with E-state index in [-0.39, 0.29) is 17.5 Å². The molecule has 2 saturated heterocycles. The molecule has 5 atom stereocenters. The van der Waals surface area contributed by atoms with Crippen molar-refractivity contribution >= 4 is 64.4 Å². The van der Waals surface area contributed by atoms with Crippen LogP contribution in [0.5, 0.6) is 0 Å². The second-order valence-electron chi connectivity index (χ2n) is 10.3. The quantitative estimate of drug-likeness (QED) is 0.0478. The van der Waals surface area contributed by atoms with Gasteiger partial charge >= 0.3 is 52.4 Å². The van der Waals surface area contributed by atoms with Crippen molar-refractivity contribution in [1.82, 2.24) is 25.1 Å². The summed E-state index contributed by atoms with van der Waals surface area (Å²) in [5, 5.41) is 14.0. The van der Waals surface area contributed by atoms with Gasteiger partial charge in [-0.2, -0.15) is 18.6 Å². The zero-order valence-electron chi connectivity index (χ0n) is 25.7. The van der Waals surface area contributed by atoms with Crippen LogP contribution < -0.4 is 26.5 Å². The number of ketones is 1. The van der Waals surface area contributed by atoms with Crippen LogP contribution in [0.25, 0.3) is 0 Å². The Kier molecular flexibility index (Phi) is 11.0. The summed E-state index contributed by atoms with van der Waals surface area (Å²) in [5.41, 5.74) is 6.58. The second-order valence-corrected chi connectivity index (χ2v) is 11.9. The summed E-state index contributed by atoms with van der Waals surface area (Å²) < 4.78 is 44.9. The molecule has 0 aromatic heterocycles. The average Bonchev–Trinajstić information content (AvgIpc) is 3.50. The number of carbonyl (C=O) groups excluding carboxylic acids is 8. The van der Waals surface area contributed by atoms with Gasteiger partial charge in [0, 0.05) is 25.8 Å². The smallest absolute Gasteiger partial charge is 0.445 e. The fraction of sp³-hybridized carbons (Fsp3) is 0.346. The number of benzene rings is 1. The van der Waals surface area contributed by atoms with Crippen LogP contribution in [-0.2, 0) is 50.1 Å². The molecule has 3 aliphatic heterocycles. The zero-order chi connectivity index (χ0) is 36.8. The molecule has 4 rings (SSSR count). The number of nitrogens with zero attached hydrogens (tertiary/aromatic N) is 3. The van der Waals surface area contributed by atoms with Crippen molar-refractivity contribution in [1.29, 1.82) is 0 Å². The molecular formula is C26H29N8O15S+. The predicted molar refractivity (Wildman–Crippen MR) is 158 cm³/mol. The third kappa shape index (κ3) is 8.10. The number of ether oxygens (including phenoxy) is 4. The van der Waals surface area contributed by atoms with E-state index in [1.54, 1.807) is 30.3 Å². The van der Waals surface area contributed by atoms with E-state index in [1.807, 2.05) is 5.43 Å². The number of amides is 8. The Morgan fingerprint density at radius 2 is 1.82 bits per heavy atom. The van der Waals surface area contributed by atoms with Gasteiger partial charge in [0.25, 0.3) is 0 Å². The Bertz CT molecular complexity index is 1770. The van der Waals surface area contributed by atoms with E-state index in [9.17, 15) is 51.9 Å². The maximum Gasteiger partial charge on any atom is 0.511 e. The highest BCUT2D eigenvalue weighted by atomic mass is 32.2. The number of hydrogen-bond acceptors (Lipinski definition) is 16. The number of urea groups is 2. The van der Waals surface area contributed by atoms with Crippen molar-refractivity contribution in [2.24, 2.45) is 10.7 Å². The Labute approximate surface area is 281 Å². The number of rotatable bonds is 10. The van der Waals surface area contributed by atoms with E-state index >= 15 is 0 Å². The normalized spacial score (nSPS) is 23.3. The SMILES string of the molecule is CC(OC(N)=O)OC(=O)OCC1[C@H](NC(=O)OCc2ccccc2)C(=O)[N@+]1(NC(=O)C1=CC(=O)C(O)C=N1)C(=O)NS(=O)(=O)N1CCNC1=O. The maximum atomic E-state index is 13.8. The number of quaternary nitrogens is 1. The largest absolute Gasteiger partial charge is 0.511 e. The van der Waals surface area contributed by atoms with Crippen molar-refractivity contribution in [2.75, 3.05) is 19.7 Å². The molecule has 0 saturated carbocycles. The molecule has 3 heterocycles. The number of aliphatic imine (C=N–C) groups is 1. The number of aliphatic hydroxyl groups excluding tert-OH is 1. The van der Waals surface area contributed by atoms with Crippen LogP contribution in [-0.4, -0.2) is 121 Å². The fourth-order valence-electron chi connectivity index (χ4n) is 4.64. The topological polar surface area (TPSA) is 318 Å². The Morgan fingerprint density at radius 3 is 2.44 bits per heavy atom. The number of carbonyl (C=O) groups is 8. The van der Waals surface area contributed by atoms with Gasteiger partial charge < -0.3 is 40.4 Å². The molecule has 0 aliphatic carbocycles. The Hall–Kier alpha value is -6.14. The minimum atomic E-state index is -5.06. The van der Waals surface area contributed by atoms with E-state index in [1.165, 1.54) is 4.72 Å². The molecule has 0 spiro atoms. The molecule has 1 aromatic rings. The Balaban J connectivity index is 1.67. The molecule has 268 valence electrons. The average molecular weight is 726 g/mol. The number of likely N-dealkylation sites (tertiary alicyclic amines) is 1. The van der Waals surface area contributed by atoms with E-state index in [0.29, 0.717) is 17.9 Å². The minimum absolute atomic E-state index is 0.136. The van der Waals surface area contributed by atoms with Crippen molar-refractivity contribution < 1.29 is 75.4 Å². The number of alkyl carbamates (subject to hydrolysis) is 1. The molecule has 0 bridgehead atoms. The van der Waals surface area contributed by atoms with E-state index < -0.39 is 106 Å². The standard InChI is InChI=1S/C26H28N8O15S/c1-13(48-22(27)39)49-26(43)47-12-16-19(30-25(42)46-11-14-5-3-2-4-6-14)21(38)34(16,31-20(37)15-9-17(35)18(36)10-29-15)24(41)32-50(44,45)33-8-7-28-23(33)40/h2-6,9-10,13,16,18-19,36H,7-8,11-12H2,1H3,(H5-,27,28,30,31,32,37,39,40,41,42)/p+1/t13?,16?,18?,19-,34-/m0/s1. The first-order valence-corrected chi connectivity index (χ1v) is 15.6. The number of nitrogens with two attached hydrogens (primary N) is 1. The first-order valence-electron chi connectivity index (χ1n) is 14.2.